The molecule has 0 atom stereocenters. The smallest absolute Gasteiger partial charge is 0.0541 e. The number of para-hydroxylation sites is 1. The molecule has 25 heavy (non-hydrogen) atoms. The van der Waals surface area contributed by atoms with E-state index in [0.29, 0.717) is 0 Å². The van der Waals surface area contributed by atoms with Crippen molar-refractivity contribution in [3.05, 3.63) is 103 Å². The zero-order chi connectivity index (χ0) is 16.6. The minimum atomic E-state index is 1.18. The van der Waals surface area contributed by atoms with E-state index in [1.807, 2.05) is 12.1 Å². The third-order valence-electron chi connectivity index (χ3n) is 4.75. The number of hydrogen-bond acceptors (Lipinski definition) is 0. The molecule has 0 aliphatic carbocycles. The topological polar surface area (TPSA) is 4.93 Å². The molecule has 1 heteroatoms. The van der Waals surface area contributed by atoms with Crippen LogP contribution in [0.4, 0.5) is 0 Å². The molecule has 5 aromatic rings. The second kappa shape index (κ2) is 5.64. The fourth-order valence-corrected chi connectivity index (χ4v) is 3.57. The number of aromatic nitrogens is 1. The molecule has 0 saturated carbocycles. The summed E-state index contributed by atoms with van der Waals surface area (Å²) in [4.78, 5) is 0. The SMILES string of the molecule is [c]1ccc2c(c1)c1ccccc1n2-c1ccc(-c2ccccc2)cc1. The number of benzene rings is 4. The summed E-state index contributed by atoms with van der Waals surface area (Å²) in [5.74, 6) is 0. The predicted molar refractivity (Wildman–Crippen MR) is 105 cm³/mol. The van der Waals surface area contributed by atoms with Gasteiger partial charge in [0.1, 0.15) is 0 Å². The van der Waals surface area contributed by atoms with Crippen LogP contribution in [0.5, 0.6) is 0 Å². The Labute approximate surface area is 146 Å². The maximum absolute atomic E-state index is 3.21. The first kappa shape index (κ1) is 14.1. The lowest BCUT2D eigenvalue weighted by molar-refractivity contribution is 1.18. The highest BCUT2D eigenvalue weighted by molar-refractivity contribution is 6.09. The lowest BCUT2D eigenvalue weighted by atomic mass is 10.1. The van der Waals surface area contributed by atoms with E-state index >= 15 is 0 Å². The second-order valence-corrected chi connectivity index (χ2v) is 6.21. The molecule has 1 radical (unpaired) electrons. The van der Waals surface area contributed by atoms with Crippen molar-refractivity contribution in [1.29, 1.82) is 0 Å². The van der Waals surface area contributed by atoms with E-state index in [9.17, 15) is 0 Å². The molecule has 1 nitrogen and oxygen atoms in total. The molecular formula is C24H16N. The molecule has 0 aliphatic heterocycles. The van der Waals surface area contributed by atoms with Gasteiger partial charge in [0.05, 0.1) is 11.0 Å². The molecule has 0 spiro atoms. The first-order valence-corrected chi connectivity index (χ1v) is 8.47. The van der Waals surface area contributed by atoms with E-state index in [4.69, 9.17) is 0 Å². The Bertz CT molecular complexity index is 1110. The maximum Gasteiger partial charge on any atom is 0.0541 e. The second-order valence-electron chi connectivity index (χ2n) is 6.21. The summed E-state index contributed by atoms with van der Waals surface area (Å²) in [6, 6.07) is 37.2. The highest BCUT2D eigenvalue weighted by Gasteiger charge is 2.11. The van der Waals surface area contributed by atoms with Gasteiger partial charge in [0.15, 0.2) is 0 Å². The van der Waals surface area contributed by atoms with E-state index in [-0.39, 0.29) is 0 Å². The fourth-order valence-electron chi connectivity index (χ4n) is 3.57. The Kier molecular flexibility index (Phi) is 3.17. The van der Waals surface area contributed by atoms with Crippen molar-refractivity contribution in [3.8, 4) is 16.8 Å². The first-order chi connectivity index (χ1) is 12.4. The number of hydrogen-bond donors (Lipinski definition) is 0. The van der Waals surface area contributed by atoms with E-state index in [0.717, 1.165) is 0 Å². The molecule has 4 aromatic carbocycles. The van der Waals surface area contributed by atoms with Gasteiger partial charge < -0.3 is 4.57 Å². The number of nitrogens with zero attached hydrogens (tertiary/aromatic N) is 1. The lowest BCUT2D eigenvalue weighted by Gasteiger charge is -2.09. The van der Waals surface area contributed by atoms with Gasteiger partial charge in [-0.2, -0.15) is 0 Å². The van der Waals surface area contributed by atoms with Crippen LogP contribution in [-0.4, -0.2) is 4.57 Å². The van der Waals surface area contributed by atoms with Gasteiger partial charge in [0.2, 0.25) is 0 Å². The fraction of sp³-hybridized carbons (Fsp3) is 0. The van der Waals surface area contributed by atoms with Gasteiger partial charge >= 0.3 is 0 Å². The molecule has 117 valence electrons. The summed E-state index contributed by atoms with van der Waals surface area (Å²) in [7, 11) is 0. The van der Waals surface area contributed by atoms with Gasteiger partial charge in [0.25, 0.3) is 0 Å². The van der Waals surface area contributed by atoms with Crippen molar-refractivity contribution in [2.24, 2.45) is 0 Å². The zero-order valence-electron chi connectivity index (χ0n) is 13.7. The maximum atomic E-state index is 3.21. The Morgan fingerprint density at radius 1 is 0.560 bits per heavy atom. The Balaban J connectivity index is 1.73. The van der Waals surface area contributed by atoms with Crippen LogP contribution in [-0.2, 0) is 0 Å². The van der Waals surface area contributed by atoms with Crippen LogP contribution in [0.3, 0.4) is 0 Å². The van der Waals surface area contributed by atoms with Crippen LogP contribution >= 0.6 is 0 Å². The summed E-state index contributed by atoms with van der Waals surface area (Å²) >= 11 is 0. The minimum absolute atomic E-state index is 1.18. The van der Waals surface area contributed by atoms with Gasteiger partial charge in [-0.1, -0.05) is 66.7 Å². The predicted octanol–water partition coefficient (Wildman–Crippen LogP) is 6.25. The minimum Gasteiger partial charge on any atom is -0.309 e. The van der Waals surface area contributed by atoms with Crippen LogP contribution in [0.2, 0.25) is 0 Å². The van der Waals surface area contributed by atoms with Crippen LogP contribution in [0, 0.1) is 6.07 Å². The summed E-state index contributed by atoms with van der Waals surface area (Å²) < 4.78 is 2.33. The van der Waals surface area contributed by atoms with Gasteiger partial charge in [-0.3, -0.25) is 0 Å². The lowest BCUT2D eigenvalue weighted by Crippen LogP contribution is -1.93. The summed E-state index contributed by atoms with van der Waals surface area (Å²) in [6.07, 6.45) is 0. The summed E-state index contributed by atoms with van der Waals surface area (Å²) in [5.41, 5.74) is 6.10. The largest absolute Gasteiger partial charge is 0.309 e. The zero-order valence-corrected chi connectivity index (χ0v) is 13.7. The molecule has 5 rings (SSSR count). The molecule has 0 N–H and O–H groups in total. The molecule has 0 aliphatic rings. The average molecular weight is 318 g/mol. The van der Waals surface area contributed by atoms with Crippen molar-refractivity contribution in [1.82, 2.24) is 4.57 Å². The standard InChI is InChI=1S/C24H16N/c1-2-8-18(9-3-1)19-14-16-20(17-15-19)25-23-12-6-4-10-21(23)22-11-5-7-13-24(22)25/h1-4,6-17H. The van der Waals surface area contributed by atoms with Gasteiger partial charge in [-0.05, 0) is 47.5 Å². The van der Waals surface area contributed by atoms with Gasteiger partial charge in [0, 0.05) is 16.5 Å². The summed E-state index contributed by atoms with van der Waals surface area (Å²) in [5, 5.41) is 2.51. The molecule has 0 bridgehead atoms. The van der Waals surface area contributed by atoms with E-state index in [2.05, 4.69) is 95.6 Å². The highest BCUT2D eigenvalue weighted by atomic mass is 15.0. The van der Waals surface area contributed by atoms with E-state index < -0.39 is 0 Å². The Morgan fingerprint density at radius 2 is 1.24 bits per heavy atom. The normalized spacial score (nSPS) is 11.2. The Hall–Kier alpha value is -3.32. The first-order valence-electron chi connectivity index (χ1n) is 8.47. The molecular weight excluding hydrogens is 302 g/mol. The average Bonchev–Trinajstić information content (AvgIpc) is 3.03. The Morgan fingerprint density at radius 3 is 2.08 bits per heavy atom. The molecule has 0 amide bonds. The number of fused-ring (bicyclic) bond motifs is 3. The van der Waals surface area contributed by atoms with Crippen LogP contribution < -0.4 is 0 Å². The van der Waals surface area contributed by atoms with Crippen LogP contribution in [0.15, 0.2) is 97.1 Å². The van der Waals surface area contributed by atoms with Gasteiger partial charge in [-0.25, -0.2) is 0 Å². The van der Waals surface area contributed by atoms with Crippen molar-refractivity contribution in [3.63, 3.8) is 0 Å². The van der Waals surface area contributed by atoms with Crippen molar-refractivity contribution < 1.29 is 0 Å². The molecule has 0 fully saturated rings. The molecule has 0 saturated heterocycles. The molecule has 0 unspecified atom stereocenters. The van der Waals surface area contributed by atoms with Gasteiger partial charge in [-0.15, -0.1) is 0 Å². The van der Waals surface area contributed by atoms with Crippen molar-refractivity contribution in [2.45, 2.75) is 0 Å². The van der Waals surface area contributed by atoms with E-state index in [1.165, 1.54) is 38.6 Å². The van der Waals surface area contributed by atoms with Crippen molar-refractivity contribution in [2.75, 3.05) is 0 Å². The molecule has 1 heterocycles. The van der Waals surface area contributed by atoms with E-state index in [1.54, 1.807) is 0 Å². The van der Waals surface area contributed by atoms with Crippen LogP contribution in [0.1, 0.15) is 0 Å². The highest BCUT2D eigenvalue weighted by Crippen LogP contribution is 2.32. The third-order valence-corrected chi connectivity index (χ3v) is 4.75. The third kappa shape index (κ3) is 2.25. The van der Waals surface area contributed by atoms with Crippen LogP contribution in [0.25, 0.3) is 38.6 Å². The quantitative estimate of drug-likeness (QED) is 0.362. The van der Waals surface area contributed by atoms with Crippen molar-refractivity contribution >= 4 is 21.8 Å². The monoisotopic (exact) mass is 318 g/mol. The summed E-state index contributed by atoms with van der Waals surface area (Å²) in [6.45, 7) is 0. The molecule has 1 aromatic heterocycles. The number of rotatable bonds is 2.